The first-order valence-electron chi connectivity index (χ1n) is 7.75. The van der Waals surface area contributed by atoms with Crippen LogP contribution in [-0.2, 0) is 11.2 Å². The lowest BCUT2D eigenvalue weighted by Crippen LogP contribution is -2.35. The molecule has 1 saturated heterocycles. The topological polar surface area (TPSA) is 39.7 Å². The zero-order valence-electron chi connectivity index (χ0n) is 13.4. The van der Waals surface area contributed by atoms with E-state index in [4.69, 9.17) is 14.2 Å². The van der Waals surface area contributed by atoms with Crippen molar-refractivity contribution < 1.29 is 14.2 Å². The van der Waals surface area contributed by atoms with E-state index in [1.54, 1.807) is 14.2 Å². The van der Waals surface area contributed by atoms with E-state index in [9.17, 15) is 0 Å². The van der Waals surface area contributed by atoms with Crippen molar-refractivity contribution in [2.24, 2.45) is 5.92 Å². The second-order valence-electron chi connectivity index (χ2n) is 5.79. The fraction of sp³-hybridized carbons (Fsp3) is 0.647. The van der Waals surface area contributed by atoms with Crippen molar-refractivity contribution >= 4 is 0 Å². The van der Waals surface area contributed by atoms with Gasteiger partial charge in [0.1, 0.15) is 0 Å². The van der Waals surface area contributed by atoms with Gasteiger partial charge in [-0.1, -0.05) is 6.07 Å². The van der Waals surface area contributed by atoms with Crippen molar-refractivity contribution in [3.05, 3.63) is 23.8 Å². The van der Waals surface area contributed by atoms with Crippen molar-refractivity contribution in [3.8, 4) is 11.5 Å². The van der Waals surface area contributed by atoms with Crippen LogP contribution in [0.15, 0.2) is 18.2 Å². The Morgan fingerprint density at radius 1 is 1.29 bits per heavy atom. The first-order valence-corrected chi connectivity index (χ1v) is 7.75. The molecule has 0 aromatic heterocycles. The van der Waals surface area contributed by atoms with Gasteiger partial charge in [-0.3, -0.25) is 0 Å². The number of ether oxygens (including phenoxy) is 3. The molecule has 0 radical (unpaired) electrons. The van der Waals surface area contributed by atoms with E-state index in [0.29, 0.717) is 12.0 Å². The molecule has 0 bridgehead atoms. The van der Waals surface area contributed by atoms with Gasteiger partial charge in [0.25, 0.3) is 0 Å². The molecule has 2 rings (SSSR count). The summed E-state index contributed by atoms with van der Waals surface area (Å²) in [6.45, 7) is 5.09. The Bertz CT molecular complexity index is 430. The van der Waals surface area contributed by atoms with Crippen molar-refractivity contribution in [2.75, 3.05) is 34.0 Å². The van der Waals surface area contributed by atoms with Crippen molar-refractivity contribution in [3.63, 3.8) is 0 Å². The van der Waals surface area contributed by atoms with E-state index in [-0.39, 0.29) is 0 Å². The van der Waals surface area contributed by atoms with Crippen LogP contribution in [0.3, 0.4) is 0 Å². The lowest BCUT2D eigenvalue weighted by Gasteiger charge is -2.24. The minimum atomic E-state index is 0.435. The molecule has 1 N–H and O–H groups in total. The van der Waals surface area contributed by atoms with Crippen molar-refractivity contribution in [2.45, 2.75) is 32.2 Å². The highest BCUT2D eigenvalue weighted by atomic mass is 16.5. The molecule has 0 aliphatic carbocycles. The summed E-state index contributed by atoms with van der Waals surface area (Å²) < 4.78 is 16.1. The highest BCUT2D eigenvalue weighted by Gasteiger charge is 2.15. The fourth-order valence-electron chi connectivity index (χ4n) is 2.77. The summed E-state index contributed by atoms with van der Waals surface area (Å²) in [6, 6.07) is 6.56. The number of methoxy groups -OCH3 is 2. The molecule has 1 aliphatic heterocycles. The van der Waals surface area contributed by atoms with Crippen LogP contribution < -0.4 is 14.8 Å². The summed E-state index contributed by atoms with van der Waals surface area (Å²) in [6.07, 6.45) is 3.44. The predicted molar refractivity (Wildman–Crippen MR) is 84.3 cm³/mol. The number of hydrogen-bond donors (Lipinski definition) is 1. The highest BCUT2D eigenvalue weighted by Crippen LogP contribution is 2.28. The lowest BCUT2D eigenvalue weighted by molar-refractivity contribution is 0.0540. The molecule has 4 heteroatoms. The smallest absolute Gasteiger partial charge is 0.160 e. The van der Waals surface area contributed by atoms with E-state index in [0.717, 1.165) is 37.7 Å². The van der Waals surface area contributed by atoms with E-state index in [1.165, 1.54) is 18.4 Å². The molecule has 1 aromatic carbocycles. The molecular weight excluding hydrogens is 266 g/mol. The number of benzene rings is 1. The Labute approximate surface area is 127 Å². The fourth-order valence-corrected chi connectivity index (χ4v) is 2.77. The summed E-state index contributed by atoms with van der Waals surface area (Å²) in [5, 5.41) is 3.61. The van der Waals surface area contributed by atoms with Gasteiger partial charge < -0.3 is 19.5 Å². The minimum absolute atomic E-state index is 0.435. The van der Waals surface area contributed by atoms with Crippen LogP contribution in [0.5, 0.6) is 11.5 Å². The molecule has 1 aliphatic rings. The van der Waals surface area contributed by atoms with Crippen LogP contribution in [0.1, 0.15) is 25.3 Å². The summed E-state index contributed by atoms with van der Waals surface area (Å²) in [4.78, 5) is 0. The molecule has 118 valence electrons. The van der Waals surface area contributed by atoms with Crippen molar-refractivity contribution in [1.82, 2.24) is 5.32 Å². The maximum atomic E-state index is 5.52. The molecular formula is C17H27NO3. The normalized spacial score (nSPS) is 20.0. The summed E-state index contributed by atoms with van der Waals surface area (Å²) >= 11 is 0. The minimum Gasteiger partial charge on any atom is -0.493 e. The zero-order valence-corrected chi connectivity index (χ0v) is 13.4. The monoisotopic (exact) mass is 293 g/mol. The Morgan fingerprint density at radius 3 is 2.76 bits per heavy atom. The Morgan fingerprint density at radius 2 is 2.10 bits per heavy atom. The van der Waals surface area contributed by atoms with Gasteiger partial charge in [0.15, 0.2) is 11.5 Å². The van der Waals surface area contributed by atoms with Gasteiger partial charge in [0.2, 0.25) is 0 Å². The van der Waals surface area contributed by atoms with Gasteiger partial charge >= 0.3 is 0 Å². The van der Waals surface area contributed by atoms with Gasteiger partial charge in [-0.2, -0.15) is 0 Å². The van der Waals surface area contributed by atoms with Crippen molar-refractivity contribution in [1.29, 1.82) is 0 Å². The van der Waals surface area contributed by atoms with Crippen LogP contribution in [-0.4, -0.2) is 40.0 Å². The Kier molecular flexibility index (Phi) is 6.33. The largest absolute Gasteiger partial charge is 0.493 e. The molecule has 0 spiro atoms. The van der Waals surface area contributed by atoms with Gasteiger partial charge in [0, 0.05) is 19.2 Å². The molecule has 1 aromatic rings. The quantitative estimate of drug-likeness (QED) is 0.839. The highest BCUT2D eigenvalue weighted by molar-refractivity contribution is 5.43. The second kappa shape index (κ2) is 8.25. The van der Waals surface area contributed by atoms with Gasteiger partial charge in [-0.15, -0.1) is 0 Å². The third kappa shape index (κ3) is 4.90. The van der Waals surface area contributed by atoms with E-state index in [1.807, 2.05) is 6.07 Å². The average Bonchev–Trinajstić information content (AvgIpc) is 2.53. The van der Waals surface area contributed by atoms with Gasteiger partial charge in [0.05, 0.1) is 20.8 Å². The zero-order chi connectivity index (χ0) is 15.1. The maximum Gasteiger partial charge on any atom is 0.160 e. The molecule has 21 heavy (non-hydrogen) atoms. The SMILES string of the molecule is COc1ccc(CC(C)NCC2CCCOC2)cc1OC. The standard InChI is InChI=1S/C17H27NO3/c1-13(18-11-15-5-4-8-21-12-15)9-14-6-7-16(19-2)17(10-14)20-3/h6-7,10,13,15,18H,4-5,8-9,11-12H2,1-3H3. The average molecular weight is 293 g/mol. The van der Waals surface area contributed by atoms with E-state index >= 15 is 0 Å². The molecule has 1 fully saturated rings. The number of hydrogen-bond acceptors (Lipinski definition) is 4. The Balaban J connectivity index is 1.82. The third-order valence-corrected chi connectivity index (χ3v) is 4.00. The maximum absolute atomic E-state index is 5.52. The molecule has 4 nitrogen and oxygen atoms in total. The lowest BCUT2D eigenvalue weighted by atomic mass is 10.0. The first kappa shape index (κ1) is 16.1. The van der Waals surface area contributed by atoms with Crippen LogP contribution >= 0.6 is 0 Å². The van der Waals surface area contributed by atoms with Gasteiger partial charge in [-0.25, -0.2) is 0 Å². The van der Waals surface area contributed by atoms with Crippen LogP contribution in [0.25, 0.3) is 0 Å². The molecule has 2 unspecified atom stereocenters. The number of nitrogens with one attached hydrogen (secondary N) is 1. The van der Waals surface area contributed by atoms with Gasteiger partial charge in [-0.05, 0) is 49.8 Å². The van der Waals surface area contributed by atoms with E-state index in [2.05, 4.69) is 24.4 Å². The summed E-state index contributed by atoms with van der Waals surface area (Å²) in [5.74, 6) is 2.23. The summed E-state index contributed by atoms with van der Waals surface area (Å²) in [7, 11) is 3.33. The van der Waals surface area contributed by atoms with Crippen LogP contribution in [0.4, 0.5) is 0 Å². The molecule has 2 atom stereocenters. The van der Waals surface area contributed by atoms with E-state index < -0.39 is 0 Å². The molecule has 0 amide bonds. The first-order chi connectivity index (χ1) is 10.2. The number of rotatable bonds is 7. The summed E-state index contributed by atoms with van der Waals surface area (Å²) in [5.41, 5.74) is 1.26. The third-order valence-electron chi connectivity index (χ3n) is 4.00. The van der Waals surface area contributed by atoms with Crippen LogP contribution in [0, 0.1) is 5.92 Å². The Hall–Kier alpha value is -1.26. The second-order valence-corrected chi connectivity index (χ2v) is 5.79. The van der Waals surface area contributed by atoms with Crippen LogP contribution in [0.2, 0.25) is 0 Å². The molecule has 1 heterocycles. The predicted octanol–water partition coefficient (Wildman–Crippen LogP) is 2.65. The molecule has 0 saturated carbocycles.